The highest BCUT2D eigenvalue weighted by Crippen LogP contribution is 2.40. The summed E-state index contributed by atoms with van der Waals surface area (Å²) >= 11 is 3.79. The Morgan fingerprint density at radius 1 is 1.00 bits per heavy atom. The Bertz CT molecular complexity index is 355. The first-order valence-electron chi connectivity index (χ1n) is 8.71. The highest BCUT2D eigenvalue weighted by Gasteiger charge is 2.36. The van der Waals surface area contributed by atoms with Crippen LogP contribution in [0.2, 0.25) is 0 Å². The predicted octanol–water partition coefficient (Wildman–Crippen LogP) is 5.00. The van der Waals surface area contributed by atoms with E-state index in [1.54, 1.807) is 0 Å². The highest BCUT2D eigenvalue weighted by atomic mass is 79.9. The van der Waals surface area contributed by atoms with Crippen molar-refractivity contribution in [3.8, 4) is 0 Å². The van der Waals surface area contributed by atoms with Gasteiger partial charge >= 0.3 is 0 Å². The lowest BCUT2D eigenvalue weighted by Gasteiger charge is -2.40. The van der Waals surface area contributed by atoms with Gasteiger partial charge in [-0.2, -0.15) is 0 Å². The van der Waals surface area contributed by atoms with Crippen LogP contribution in [0.15, 0.2) is 0 Å². The minimum Gasteiger partial charge on any atom is -0.341 e. The Balaban J connectivity index is 1.89. The largest absolute Gasteiger partial charge is 0.341 e. The normalized spacial score (nSPS) is 34.5. The number of carbonyl (C=O) groups excluding carboxylic acids is 1. The molecule has 0 aromatic rings. The van der Waals surface area contributed by atoms with Crippen LogP contribution in [-0.2, 0) is 4.79 Å². The molecule has 2 atom stereocenters. The number of halogens is 1. The van der Waals surface area contributed by atoms with Gasteiger partial charge < -0.3 is 4.90 Å². The van der Waals surface area contributed by atoms with E-state index in [1.165, 1.54) is 32.1 Å². The molecular weight excluding hydrogens is 326 g/mol. The van der Waals surface area contributed by atoms with Gasteiger partial charge in [-0.15, -0.1) is 0 Å². The molecule has 0 aromatic heterocycles. The van der Waals surface area contributed by atoms with Gasteiger partial charge in [0.15, 0.2) is 0 Å². The van der Waals surface area contributed by atoms with E-state index >= 15 is 0 Å². The van der Waals surface area contributed by atoms with Crippen molar-refractivity contribution in [2.45, 2.75) is 83.0 Å². The van der Waals surface area contributed by atoms with E-state index in [0.717, 1.165) is 25.2 Å². The van der Waals surface area contributed by atoms with E-state index in [9.17, 15) is 4.79 Å². The van der Waals surface area contributed by atoms with Gasteiger partial charge in [0.05, 0.1) is 0 Å². The molecule has 0 spiro atoms. The minimum atomic E-state index is 0.273. The summed E-state index contributed by atoms with van der Waals surface area (Å²) in [5.41, 5.74) is 0.393. The standard InChI is InChI=1S/C18H32BrNO/c1-18(2,3)14-11-9-13(10-12-14)17(21)20(4)16-8-6-5-7-15(16)19/h13-16H,5-12H2,1-4H3. The number of carbonyl (C=O) groups is 1. The summed E-state index contributed by atoms with van der Waals surface area (Å²) in [4.78, 5) is 15.4. The van der Waals surface area contributed by atoms with Crippen molar-refractivity contribution in [1.29, 1.82) is 0 Å². The molecule has 0 N–H and O–H groups in total. The topological polar surface area (TPSA) is 20.3 Å². The molecule has 0 bridgehead atoms. The van der Waals surface area contributed by atoms with Crippen molar-refractivity contribution in [1.82, 2.24) is 4.90 Å². The average molecular weight is 358 g/mol. The lowest BCUT2D eigenvalue weighted by molar-refractivity contribution is -0.138. The van der Waals surface area contributed by atoms with Crippen LogP contribution in [0.3, 0.4) is 0 Å². The van der Waals surface area contributed by atoms with Gasteiger partial charge in [-0.1, -0.05) is 49.5 Å². The zero-order valence-electron chi connectivity index (χ0n) is 14.2. The van der Waals surface area contributed by atoms with Crippen molar-refractivity contribution in [2.24, 2.45) is 17.3 Å². The van der Waals surface area contributed by atoms with Gasteiger partial charge in [-0.25, -0.2) is 0 Å². The van der Waals surface area contributed by atoms with E-state index in [4.69, 9.17) is 0 Å². The minimum absolute atomic E-state index is 0.273. The molecule has 21 heavy (non-hydrogen) atoms. The van der Waals surface area contributed by atoms with Crippen LogP contribution in [0, 0.1) is 17.3 Å². The second-order valence-electron chi connectivity index (χ2n) is 8.23. The first-order chi connectivity index (χ1) is 9.80. The third kappa shape index (κ3) is 4.24. The molecule has 3 heteroatoms. The Morgan fingerprint density at radius 3 is 2.10 bits per heavy atom. The summed E-state index contributed by atoms with van der Waals surface area (Å²) in [6.07, 6.45) is 9.54. The van der Waals surface area contributed by atoms with E-state index in [-0.39, 0.29) is 5.92 Å². The highest BCUT2D eigenvalue weighted by molar-refractivity contribution is 9.09. The number of hydrogen-bond acceptors (Lipinski definition) is 1. The number of amides is 1. The molecule has 2 saturated carbocycles. The Morgan fingerprint density at radius 2 is 1.57 bits per heavy atom. The van der Waals surface area contributed by atoms with Crippen LogP contribution in [0.25, 0.3) is 0 Å². The van der Waals surface area contributed by atoms with E-state index in [0.29, 0.717) is 22.2 Å². The van der Waals surface area contributed by atoms with Crippen molar-refractivity contribution >= 4 is 21.8 Å². The lowest BCUT2D eigenvalue weighted by Crippen LogP contribution is -2.47. The quantitative estimate of drug-likeness (QED) is 0.636. The third-order valence-corrected chi connectivity index (χ3v) is 6.86. The maximum absolute atomic E-state index is 12.8. The van der Waals surface area contributed by atoms with Gasteiger partial charge in [0.25, 0.3) is 0 Å². The third-order valence-electron chi connectivity index (χ3n) is 5.79. The molecule has 2 aliphatic rings. The zero-order valence-corrected chi connectivity index (χ0v) is 15.8. The van der Waals surface area contributed by atoms with Gasteiger partial charge in [0.2, 0.25) is 5.91 Å². The number of alkyl halides is 1. The van der Waals surface area contributed by atoms with Gasteiger partial charge in [-0.05, 0) is 49.9 Å². The predicted molar refractivity (Wildman–Crippen MR) is 92.6 cm³/mol. The summed E-state index contributed by atoms with van der Waals surface area (Å²) in [6, 6.07) is 0.409. The fraction of sp³-hybridized carbons (Fsp3) is 0.944. The Hall–Kier alpha value is -0.0500. The summed E-state index contributed by atoms with van der Waals surface area (Å²) in [5, 5.41) is 0. The maximum atomic E-state index is 12.8. The monoisotopic (exact) mass is 357 g/mol. The molecule has 0 radical (unpaired) electrons. The second kappa shape index (κ2) is 7.02. The molecule has 122 valence electrons. The summed E-state index contributed by atoms with van der Waals surface area (Å²) in [5.74, 6) is 1.46. The molecule has 0 saturated heterocycles. The lowest BCUT2D eigenvalue weighted by atomic mass is 9.69. The molecule has 0 aromatic carbocycles. The van der Waals surface area contributed by atoms with Crippen molar-refractivity contribution < 1.29 is 4.79 Å². The van der Waals surface area contributed by atoms with E-state index < -0.39 is 0 Å². The van der Waals surface area contributed by atoms with Gasteiger partial charge in [-0.3, -0.25) is 4.79 Å². The van der Waals surface area contributed by atoms with Crippen LogP contribution in [-0.4, -0.2) is 28.7 Å². The summed E-state index contributed by atoms with van der Waals surface area (Å²) < 4.78 is 0. The van der Waals surface area contributed by atoms with Gasteiger partial charge in [0, 0.05) is 23.8 Å². The molecule has 2 aliphatic carbocycles. The van der Waals surface area contributed by atoms with Crippen LogP contribution in [0.5, 0.6) is 0 Å². The zero-order chi connectivity index (χ0) is 15.6. The molecular formula is C18H32BrNO. The molecule has 2 rings (SSSR count). The number of nitrogens with zero attached hydrogens (tertiary/aromatic N) is 1. The SMILES string of the molecule is CN(C(=O)C1CCC(C(C)(C)C)CC1)C1CCCCC1Br. The fourth-order valence-corrected chi connectivity index (χ4v) is 5.10. The Labute approximate surface area is 139 Å². The average Bonchev–Trinajstić information content (AvgIpc) is 2.45. The second-order valence-corrected chi connectivity index (χ2v) is 9.41. The van der Waals surface area contributed by atoms with Crippen molar-refractivity contribution in [2.75, 3.05) is 7.05 Å². The Kier molecular flexibility index (Phi) is 5.78. The number of rotatable bonds is 2. The van der Waals surface area contributed by atoms with Crippen LogP contribution in [0.4, 0.5) is 0 Å². The smallest absolute Gasteiger partial charge is 0.225 e. The fourth-order valence-electron chi connectivity index (χ4n) is 4.16. The summed E-state index contributed by atoms with van der Waals surface area (Å²) in [6.45, 7) is 7.01. The molecule has 0 aliphatic heterocycles. The van der Waals surface area contributed by atoms with Crippen molar-refractivity contribution in [3.63, 3.8) is 0 Å². The van der Waals surface area contributed by atoms with E-state index in [1.807, 2.05) is 7.05 Å². The molecule has 2 nitrogen and oxygen atoms in total. The first-order valence-corrected chi connectivity index (χ1v) is 9.63. The maximum Gasteiger partial charge on any atom is 0.225 e. The van der Waals surface area contributed by atoms with Crippen LogP contribution in [0.1, 0.15) is 72.1 Å². The molecule has 2 fully saturated rings. The molecule has 2 unspecified atom stereocenters. The van der Waals surface area contributed by atoms with Crippen molar-refractivity contribution in [3.05, 3.63) is 0 Å². The van der Waals surface area contributed by atoms with Crippen LogP contribution < -0.4 is 0 Å². The molecule has 1 amide bonds. The molecule has 0 heterocycles. The van der Waals surface area contributed by atoms with Crippen LogP contribution >= 0.6 is 15.9 Å². The first kappa shape index (κ1) is 17.3. The number of hydrogen-bond donors (Lipinski definition) is 0. The summed E-state index contributed by atoms with van der Waals surface area (Å²) in [7, 11) is 2.03. The van der Waals surface area contributed by atoms with E-state index in [2.05, 4.69) is 41.6 Å². The van der Waals surface area contributed by atoms with Gasteiger partial charge in [0.1, 0.15) is 0 Å².